The van der Waals surface area contributed by atoms with Crippen LogP contribution in [0.4, 0.5) is 13.2 Å². The van der Waals surface area contributed by atoms with E-state index < -0.39 is 38.6 Å². The molecule has 0 spiro atoms. The molecule has 0 unspecified atom stereocenters. The van der Waals surface area contributed by atoms with E-state index in [9.17, 15) is 26.4 Å². The second kappa shape index (κ2) is 13.7. The Hall–Kier alpha value is -3.48. The van der Waals surface area contributed by atoms with Crippen LogP contribution in [0.25, 0.3) is 0 Å². The Kier molecular flexibility index (Phi) is 9.91. The van der Waals surface area contributed by atoms with Crippen molar-refractivity contribution in [3.63, 3.8) is 0 Å². The van der Waals surface area contributed by atoms with Crippen LogP contribution < -0.4 is 14.8 Å². The molecule has 1 aliphatic carbocycles. The standard InChI is InChI=1S/C32H37F3N4O4S/c1-43-31-14-12-24(20-36-31)29(38-44(41,42)26-9-6-8-25(18-26)32(33,34)35)19-30(40)37-28-10-5-7-23-17-22(11-13-27(23)28)21-39-15-3-2-4-16-39/h6,8-9,11-14,17-18,20,28-29,38H,2-5,7,10,15-16,19,21H2,1H3,(H,37,40)/t28-,29-/m1/s1. The monoisotopic (exact) mass is 630 g/mol. The van der Waals surface area contributed by atoms with Gasteiger partial charge in [-0.2, -0.15) is 13.2 Å². The third-order valence-corrected chi connectivity index (χ3v) is 9.71. The number of carbonyl (C=O) groups is 1. The molecule has 8 nitrogen and oxygen atoms in total. The van der Waals surface area contributed by atoms with Gasteiger partial charge in [-0.15, -0.1) is 0 Å². The van der Waals surface area contributed by atoms with Crippen molar-refractivity contribution in [1.29, 1.82) is 0 Å². The number of hydrogen-bond donors (Lipinski definition) is 2. The number of benzene rings is 2. The smallest absolute Gasteiger partial charge is 0.416 e. The molecule has 2 aliphatic rings. The molecule has 1 aliphatic heterocycles. The van der Waals surface area contributed by atoms with E-state index in [4.69, 9.17) is 4.74 Å². The SMILES string of the molecule is COc1ccc([C@@H](CC(=O)N[C@@H]2CCCc3cc(CN4CCCCC4)ccc32)NS(=O)(=O)c2cccc(C(F)(F)F)c2)cn1. The number of piperidine rings is 1. The van der Waals surface area contributed by atoms with Crippen LogP contribution in [-0.2, 0) is 34.0 Å². The number of aryl methyl sites for hydroxylation is 1. The highest BCUT2D eigenvalue weighted by atomic mass is 32.2. The predicted octanol–water partition coefficient (Wildman–Crippen LogP) is 5.70. The minimum atomic E-state index is -4.71. The maximum Gasteiger partial charge on any atom is 0.416 e. The van der Waals surface area contributed by atoms with Crippen LogP contribution in [0.1, 0.15) is 78.4 Å². The first-order chi connectivity index (χ1) is 21.0. The van der Waals surface area contributed by atoms with Crippen molar-refractivity contribution in [2.24, 2.45) is 0 Å². The fourth-order valence-electron chi connectivity index (χ4n) is 5.97. The highest BCUT2D eigenvalue weighted by Gasteiger charge is 2.33. The number of ether oxygens (including phenoxy) is 1. The van der Waals surface area contributed by atoms with Gasteiger partial charge in [-0.3, -0.25) is 9.69 Å². The number of nitrogens with zero attached hydrogens (tertiary/aromatic N) is 2. The van der Waals surface area contributed by atoms with E-state index in [1.54, 1.807) is 6.07 Å². The molecule has 2 N–H and O–H groups in total. The van der Waals surface area contributed by atoms with Crippen LogP contribution in [-0.4, -0.2) is 44.4 Å². The average molecular weight is 631 g/mol. The lowest BCUT2D eigenvalue weighted by molar-refractivity contribution is -0.137. The van der Waals surface area contributed by atoms with Gasteiger partial charge in [0.1, 0.15) is 0 Å². The van der Waals surface area contributed by atoms with Gasteiger partial charge in [-0.1, -0.05) is 36.8 Å². The number of fused-ring (bicyclic) bond motifs is 1. The van der Waals surface area contributed by atoms with E-state index in [-0.39, 0.29) is 18.3 Å². The number of alkyl halides is 3. The predicted molar refractivity (Wildman–Crippen MR) is 159 cm³/mol. The molecule has 5 rings (SSSR count). The number of pyridine rings is 1. The molecule has 1 saturated heterocycles. The van der Waals surface area contributed by atoms with Crippen molar-refractivity contribution in [1.82, 2.24) is 19.9 Å². The van der Waals surface area contributed by atoms with Gasteiger partial charge in [0.25, 0.3) is 0 Å². The number of halogens is 3. The molecule has 236 valence electrons. The lowest BCUT2D eigenvalue weighted by atomic mass is 9.86. The summed E-state index contributed by atoms with van der Waals surface area (Å²) in [5.74, 6) is -0.107. The molecule has 2 aromatic carbocycles. The van der Waals surface area contributed by atoms with Crippen LogP contribution in [0.2, 0.25) is 0 Å². The van der Waals surface area contributed by atoms with E-state index in [1.807, 2.05) is 0 Å². The zero-order valence-corrected chi connectivity index (χ0v) is 25.4. The van der Waals surface area contributed by atoms with E-state index in [1.165, 1.54) is 49.8 Å². The van der Waals surface area contributed by atoms with Gasteiger partial charge in [0.2, 0.25) is 21.8 Å². The quantitative estimate of drug-likeness (QED) is 0.298. The third kappa shape index (κ3) is 7.96. The molecule has 2 heterocycles. The number of likely N-dealkylation sites (tertiary alicyclic amines) is 1. The number of aromatic nitrogens is 1. The van der Waals surface area contributed by atoms with Gasteiger partial charge in [0.05, 0.1) is 29.7 Å². The highest BCUT2D eigenvalue weighted by molar-refractivity contribution is 7.89. The first-order valence-electron chi connectivity index (χ1n) is 14.8. The van der Waals surface area contributed by atoms with Crippen LogP contribution in [0.15, 0.2) is 65.7 Å². The largest absolute Gasteiger partial charge is 0.481 e. The number of nitrogens with one attached hydrogen (secondary N) is 2. The third-order valence-electron chi connectivity index (χ3n) is 8.24. The maximum absolute atomic E-state index is 13.4. The summed E-state index contributed by atoms with van der Waals surface area (Å²) in [6.07, 6.45) is 2.68. The fraction of sp³-hybridized carbons (Fsp3) is 0.438. The minimum Gasteiger partial charge on any atom is -0.481 e. The summed E-state index contributed by atoms with van der Waals surface area (Å²) < 4.78 is 73.9. The number of rotatable bonds is 10. The Morgan fingerprint density at radius 3 is 2.57 bits per heavy atom. The van der Waals surface area contributed by atoms with Crippen molar-refractivity contribution in [3.8, 4) is 5.88 Å². The maximum atomic E-state index is 13.4. The first-order valence-corrected chi connectivity index (χ1v) is 16.3. The van der Waals surface area contributed by atoms with Crippen molar-refractivity contribution in [2.45, 2.75) is 74.6 Å². The van der Waals surface area contributed by atoms with Crippen LogP contribution >= 0.6 is 0 Å². The Bertz CT molecular complexity index is 1560. The molecule has 1 amide bonds. The van der Waals surface area contributed by atoms with Gasteiger partial charge in [-0.05, 0) is 85.6 Å². The molecule has 0 saturated carbocycles. The van der Waals surface area contributed by atoms with Crippen LogP contribution in [0, 0.1) is 0 Å². The van der Waals surface area contributed by atoms with Gasteiger partial charge < -0.3 is 10.1 Å². The molecular formula is C32H37F3N4O4S. The van der Waals surface area contributed by atoms with Gasteiger partial charge in [0.15, 0.2) is 0 Å². The molecular weight excluding hydrogens is 593 g/mol. The number of sulfonamides is 1. The van der Waals surface area contributed by atoms with E-state index >= 15 is 0 Å². The molecule has 44 heavy (non-hydrogen) atoms. The first kappa shape index (κ1) is 31.9. The van der Waals surface area contributed by atoms with Crippen molar-refractivity contribution in [2.75, 3.05) is 20.2 Å². The lowest BCUT2D eigenvalue weighted by Gasteiger charge is -2.29. The minimum absolute atomic E-state index is 0.231. The molecule has 0 radical (unpaired) electrons. The summed E-state index contributed by atoms with van der Waals surface area (Å²) in [7, 11) is -3.01. The molecule has 0 bridgehead atoms. The Labute approximate surface area is 256 Å². The summed E-state index contributed by atoms with van der Waals surface area (Å²) >= 11 is 0. The zero-order valence-electron chi connectivity index (χ0n) is 24.6. The Morgan fingerprint density at radius 1 is 1.07 bits per heavy atom. The summed E-state index contributed by atoms with van der Waals surface area (Å²) in [4.78, 5) is 19.5. The number of amides is 1. The van der Waals surface area contributed by atoms with Gasteiger partial charge >= 0.3 is 6.18 Å². The summed E-state index contributed by atoms with van der Waals surface area (Å²) in [6, 6.07) is 11.7. The summed E-state index contributed by atoms with van der Waals surface area (Å²) in [6.45, 7) is 3.13. The molecule has 1 fully saturated rings. The Balaban J connectivity index is 1.33. The summed E-state index contributed by atoms with van der Waals surface area (Å²) in [5, 5.41) is 3.08. The van der Waals surface area contributed by atoms with Crippen LogP contribution in [0.3, 0.4) is 0 Å². The fourth-order valence-corrected chi connectivity index (χ4v) is 7.24. The van der Waals surface area contributed by atoms with Crippen molar-refractivity contribution < 1.29 is 31.1 Å². The zero-order chi connectivity index (χ0) is 31.3. The molecule has 1 aromatic heterocycles. The Morgan fingerprint density at radius 2 is 1.86 bits per heavy atom. The highest BCUT2D eigenvalue weighted by Crippen LogP contribution is 2.33. The second-order valence-electron chi connectivity index (χ2n) is 11.4. The summed E-state index contributed by atoms with van der Waals surface area (Å²) in [5.41, 5.74) is 2.80. The van der Waals surface area contributed by atoms with E-state index in [0.29, 0.717) is 11.6 Å². The average Bonchev–Trinajstić information content (AvgIpc) is 3.01. The van der Waals surface area contributed by atoms with Crippen molar-refractivity contribution in [3.05, 3.63) is 88.6 Å². The molecule has 12 heteroatoms. The topological polar surface area (TPSA) is 101 Å². The lowest BCUT2D eigenvalue weighted by Crippen LogP contribution is -2.36. The molecule has 3 aromatic rings. The van der Waals surface area contributed by atoms with E-state index in [0.717, 1.165) is 62.7 Å². The molecule has 2 atom stereocenters. The van der Waals surface area contributed by atoms with E-state index in [2.05, 4.69) is 38.1 Å². The van der Waals surface area contributed by atoms with Gasteiger partial charge in [0, 0.05) is 25.2 Å². The van der Waals surface area contributed by atoms with Crippen LogP contribution in [0.5, 0.6) is 5.88 Å². The van der Waals surface area contributed by atoms with Gasteiger partial charge in [-0.25, -0.2) is 18.1 Å². The normalized spacial score (nSPS) is 18.3. The van der Waals surface area contributed by atoms with Crippen molar-refractivity contribution >= 4 is 15.9 Å². The number of methoxy groups -OCH3 is 1. The number of hydrogen-bond acceptors (Lipinski definition) is 6. The number of carbonyl (C=O) groups excluding carboxylic acids is 1. The second-order valence-corrected chi connectivity index (χ2v) is 13.1.